The minimum atomic E-state index is 0.0877. The van der Waals surface area contributed by atoms with Crippen molar-refractivity contribution in [1.29, 1.82) is 0 Å². The van der Waals surface area contributed by atoms with Gasteiger partial charge in [0.2, 0.25) is 0 Å². The molecule has 1 rings (SSSR count). The van der Waals surface area contributed by atoms with Gasteiger partial charge >= 0.3 is 0 Å². The van der Waals surface area contributed by atoms with Crippen LogP contribution in [0, 0.1) is 5.92 Å². The Hall–Kier alpha value is -0.240. The molecule has 0 aliphatic heterocycles. The molecule has 0 saturated carbocycles. The van der Waals surface area contributed by atoms with E-state index in [1.54, 1.807) is 7.11 Å². The molecule has 0 fully saturated rings. The molecule has 1 aromatic rings. The van der Waals surface area contributed by atoms with Crippen LogP contribution in [0.15, 0.2) is 18.2 Å². The van der Waals surface area contributed by atoms with Gasteiger partial charge in [-0.3, -0.25) is 0 Å². The van der Waals surface area contributed by atoms with Gasteiger partial charge in [-0.25, -0.2) is 0 Å². The van der Waals surface area contributed by atoms with Crippen LogP contribution in [0.1, 0.15) is 31.9 Å². The van der Waals surface area contributed by atoms with Gasteiger partial charge < -0.3 is 4.74 Å². The molecule has 0 bridgehead atoms. The van der Waals surface area contributed by atoms with E-state index in [1.807, 2.05) is 18.2 Å². The highest BCUT2D eigenvalue weighted by molar-refractivity contribution is 6.42. The SMILES string of the molecule is CC[C@@H](C)[C@@H](OC)c1ccc(Cl)c(Cl)c1. The van der Waals surface area contributed by atoms with E-state index in [9.17, 15) is 0 Å². The monoisotopic (exact) mass is 246 g/mol. The van der Waals surface area contributed by atoms with Crippen LogP contribution >= 0.6 is 23.2 Å². The molecule has 0 spiro atoms. The van der Waals surface area contributed by atoms with E-state index in [0.717, 1.165) is 12.0 Å². The lowest BCUT2D eigenvalue weighted by atomic mass is 9.95. The lowest BCUT2D eigenvalue weighted by Gasteiger charge is -2.22. The maximum Gasteiger partial charge on any atom is 0.0847 e. The summed E-state index contributed by atoms with van der Waals surface area (Å²) in [6.45, 7) is 4.31. The van der Waals surface area contributed by atoms with Crippen LogP contribution in [0.25, 0.3) is 0 Å². The van der Waals surface area contributed by atoms with Gasteiger partial charge in [0.25, 0.3) is 0 Å². The summed E-state index contributed by atoms with van der Waals surface area (Å²) in [7, 11) is 1.72. The second-order valence-corrected chi connectivity index (χ2v) is 4.53. The normalized spacial score (nSPS) is 15.0. The third-order valence-corrected chi connectivity index (χ3v) is 3.43. The molecule has 0 amide bonds. The first-order valence-corrected chi connectivity index (χ1v) is 5.83. The number of benzene rings is 1. The van der Waals surface area contributed by atoms with E-state index in [0.29, 0.717) is 16.0 Å². The number of hydrogen-bond acceptors (Lipinski definition) is 1. The molecule has 15 heavy (non-hydrogen) atoms. The van der Waals surface area contributed by atoms with Crippen molar-refractivity contribution in [3.8, 4) is 0 Å². The maximum atomic E-state index is 5.98. The Balaban J connectivity index is 2.97. The number of ether oxygens (including phenoxy) is 1. The predicted molar refractivity (Wildman–Crippen MR) is 65.7 cm³/mol. The van der Waals surface area contributed by atoms with E-state index >= 15 is 0 Å². The second-order valence-electron chi connectivity index (χ2n) is 3.72. The van der Waals surface area contributed by atoms with Crippen molar-refractivity contribution < 1.29 is 4.74 Å². The zero-order valence-corrected chi connectivity index (χ0v) is 10.8. The predicted octanol–water partition coefficient (Wildman–Crippen LogP) is 4.73. The molecule has 2 atom stereocenters. The molecule has 0 heterocycles. The van der Waals surface area contributed by atoms with Gasteiger partial charge in [0.1, 0.15) is 0 Å². The first kappa shape index (κ1) is 12.8. The molecule has 0 aliphatic carbocycles. The lowest BCUT2D eigenvalue weighted by Crippen LogP contribution is -2.11. The van der Waals surface area contributed by atoms with E-state index in [4.69, 9.17) is 27.9 Å². The van der Waals surface area contributed by atoms with Crippen LogP contribution in [-0.2, 0) is 4.74 Å². The molecule has 84 valence electrons. The third-order valence-electron chi connectivity index (χ3n) is 2.69. The van der Waals surface area contributed by atoms with Crippen molar-refractivity contribution in [2.45, 2.75) is 26.4 Å². The lowest BCUT2D eigenvalue weighted by molar-refractivity contribution is 0.0565. The quantitative estimate of drug-likeness (QED) is 0.747. The van der Waals surface area contributed by atoms with Gasteiger partial charge in [-0.05, 0) is 23.6 Å². The molecule has 0 saturated heterocycles. The summed E-state index contributed by atoms with van der Waals surface area (Å²) in [5.74, 6) is 0.465. The van der Waals surface area contributed by atoms with Gasteiger partial charge in [-0.2, -0.15) is 0 Å². The van der Waals surface area contributed by atoms with Crippen molar-refractivity contribution in [3.63, 3.8) is 0 Å². The largest absolute Gasteiger partial charge is 0.376 e. The number of hydrogen-bond donors (Lipinski definition) is 0. The van der Waals surface area contributed by atoms with Crippen molar-refractivity contribution in [3.05, 3.63) is 33.8 Å². The highest BCUT2D eigenvalue weighted by atomic mass is 35.5. The molecule has 1 nitrogen and oxygen atoms in total. The van der Waals surface area contributed by atoms with Crippen molar-refractivity contribution in [1.82, 2.24) is 0 Å². The summed E-state index contributed by atoms with van der Waals surface area (Å²) < 4.78 is 5.48. The van der Waals surface area contributed by atoms with E-state index in [-0.39, 0.29) is 6.10 Å². The summed E-state index contributed by atoms with van der Waals surface area (Å²) in [5.41, 5.74) is 1.08. The second kappa shape index (κ2) is 5.74. The first-order valence-electron chi connectivity index (χ1n) is 5.07. The molecule has 0 radical (unpaired) electrons. The Kier molecular flexibility index (Phi) is 4.91. The summed E-state index contributed by atoms with van der Waals surface area (Å²) >= 11 is 11.8. The van der Waals surface area contributed by atoms with Crippen LogP contribution in [0.2, 0.25) is 10.0 Å². The Morgan fingerprint density at radius 3 is 2.40 bits per heavy atom. The van der Waals surface area contributed by atoms with Gasteiger partial charge in [0.15, 0.2) is 0 Å². The minimum absolute atomic E-state index is 0.0877. The highest BCUT2D eigenvalue weighted by Gasteiger charge is 2.17. The Labute approximate surface area is 101 Å². The van der Waals surface area contributed by atoms with Crippen LogP contribution in [-0.4, -0.2) is 7.11 Å². The number of halogens is 2. The fraction of sp³-hybridized carbons (Fsp3) is 0.500. The Bertz CT molecular complexity index is 325. The fourth-order valence-corrected chi connectivity index (χ4v) is 1.91. The molecule has 3 heteroatoms. The molecule has 0 aromatic heterocycles. The Morgan fingerprint density at radius 1 is 1.27 bits per heavy atom. The average molecular weight is 247 g/mol. The molecule has 0 N–H and O–H groups in total. The van der Waals surface area contributed by atoms with Gasteiger partial charge in [-0.15, -0.1) is 0 Å². The van der Waals surface area contributed by atoms with E-state index < -0.39 is 0 Å². The number of methoxy groups -OCH3 is 1. The van der Waals surface area contributed by atoms with Gasteiger partial charge in [-0.1, -0.05) is 49.5 Å². The summed E-state index contributed by atoms with van der Waals surface area (Å²) in [6, 6.07) is 5.66. The third kappa shape index (κ3) is 3.10. The van der Waals surface area contributed by atoms with Gasteiger partial charge in [0, 0.05) is 7.11 Å². The summed E-state index contributed by atoms with van der Waals surface area (Å²) in [5, 5.41) is 1.17. The van der Waals surface area contributed by atoms with Crippen LogP contribution in [0.5, 0.6) is 0 Å². The zero-order valence-electron chi connectivity index (χ0n) is 9.26. The van der Waals surface area contributed by atoms with Crippen LogP contribution < -0.4 is 0 Å². The number of rotatable bonds is 4. The smallest absolute Gasteiger partial charge is 0.0847 e. The molecular weight excluding hydrogens is 231 g/mol. The zero-order chi connectivity index (χ0) is 11.4. The first-order chi connectivity index (χ1) is 7.10. The molecule has 0 aliphatic rings. The van der Waals surface area contributed by atoms with Crippen molar-refractivity contribution in [2.75, 3.05) is 7.11 Å². The van der Waals surface area contributed by atoms with Gasteiger partial charge in [0.05, 0.1) is 16.1 Å². The molecule has 1 aromatic carbocycles. The van der Waals surface area contributed by atoms with Crippen molar-refractivity contribution in [2.24, 2.45) is 5.92 Å². The Morgan fingerprint density at radius 2 is 1.93 bits per heavy atom. The maximum absolute atomic E-state index is 5.98. The fourth-order valence-electron chi connectivity index (χ4n) is 1.60. The average Bonchev–Trinajstić information content (AvgIpc) is 2.24. The summed E-state index contributed by atoms with van der Waals surface area (Å²) in [6.07, 6.45) is 1.16. The van der Waals surface area contributed by atoms with E-state index in [1.165, 1.54) is 0 Å². The molecule has 0 unspecified atom stereocenters. The standard InChI is InChI=1S/C12H16Cl2O/c1-4-8(2)12(15-3)9-5-6-10(13)11(14)7-9/h5-8,12H,4H2,1-3H3/t8-,12-/m1/s1. The summed E-state index contributed by atoms with van der Waals surface area (Å²) in [4.78, 5) is 0. The van der Waals surface area contributed by atoms with Crippen LogP contribution in [0.4, 0.5) is 0 Å². The van der Waals surface area contributed by atoms with Crippen molar-refractivity contribution >= 4 is 23.2 Å². The topological polar surface area (TPSA) is 9.23 Å². The minimum Gasteiger partial charge on any atom is -0.376 e. The highest BCUT2D eigenvalue weighted by Crippen LogP contribution is 2.31. The molecular formula is C12H16Cl2O. The van der Waals surface area contributed by atoms with Crippen LogP contribution in [0.3, 0.4) is 0 Å². The van der Waals surface area contributed by atoms with E-state index in [2.05, 4.69) is 13.8 Å².